The summed E-state index contributed by atoms with van der Waals surface area (Å²) in [5, 5.41) is 3.05. The van der Waals surface area contributed by atoms with Crippen molar-refractivity contribution in [1.29, 1.82) is 0 Å². The number of benzene rings is 1. The SMILES string of the molecule is CCN(CCNC(=O)C1CC(=O)N(C2CCCC2)C1)c1cccc(C)c1. The second-order valence-corrected chi connectivity index (χ2v) is 7.60. The first-order chi connectivity index (χ1) is 12.6. The fraction of sp³-hybridized carbons (Fsp3) is 0.619. The van der Waals surface area contributed by atoms with E-state index in [1.54, 1.807) is 0 Å². The van der Waals surface area contributed by atoms with Crippen LogP contribution < -0.4 is 10.2 Å². The minimum absolute atomic E-state index is 0.0270. The third-order valence-electron chi connectivity index (χ3n) is 5.72. The molecule has 0 aromatic heterocycles. The minimum atomic E-state index is -0.183. The van der Waals surface area contributed by atoms with E-state index < -0.39 is 0 Å². The standard InChI is InChI=1S/C21H31N3O2/c1-3-23(19-10-6-7-16(2)13-19)12-11-22-21(26)17-14-20(25)24(15-17)18-8-4-5-9-18/h6-7,10,13,17-18H,3-5,8-9,11-12,14-15H2,1-2H3,(H,22,26). The molecule has 1 unspecified atom stereocenters. The Morgan fingerprint density at radius 2 is 2.08 bits per heavy atom. The van der Waals surface area contributed by atoms with Gasteiger partial charge in [-0.05, 0) is 44.4 Å². The highest BCUT2D eigenvalue weighted by Crippen LogP contribution is 2.29. The molecule has 0 spiro atoms. The Kier molecular flexibility index (Phi) is 6.17. The van der Waals surface area contributed by atoms with E-state index in [9.17, 15) is 9.59 Å². The zero-order valence-electron chi connectivity index (χ0n) is 16.0. The summed E-state index contributed by atoms with van der Waals surface area (Å²) in [6.45, 7) is 7.10. The van der Waals surface area contributed by atoms with Crippen LogP contribution in [0.15, 0.2) is 24.3 Å². The van der Waals surface area contributed by atoms with E-state index in [1.165, 1.54) is 24.1 Å². The van der Waals surface area contributed by atoms with E-state index in [2.05, 4.69) is 48.3 Å². The average Bonchev–Trinajstić information content (AvgIpc) is 3.28. The van der Waals surface area contributed by atoms with E-state index in [1.807, 2.05) is 4.90 Å². The second-order valence-electron chi connectivity index (χ2n) is 7.60. The average molecular weight is 357 g/mol. The third kappa shape index (κ3) is 4.37. The number of rotatable bonds is 7. The van der Waals surface area contributed by atoms with E-state index in [-0.39, 0.29) is 17.7 Å². The number of carbonyl (C=O) groups is 2. The molecule has 1 aromatic carbocycles. The Bertz CT molecular complexity index is 640. The molecule has 1 aliphatic heterocycles. The van der Waals surface area contributed by atoms with Crippen LogP contribution in [0.1, 0.15) is 44.6 Å². The van der Waals surface area contributed by atoms with Crippen LogP contribution in [0.5, 0.6) is 0 Å². The fourth-order valence-electron chi connectivity index (χ4n) is 4.23. The molecule has 2 amide bonds. The van der Waals surface area contributed by atoms with Gasteiger partial charge >= 0.3 is 0 Å². The molecular formula is C21H31N3O2. The van der Waals surface area contributed by atoms with Crippen LogP contribution in [0.3, 0.4) is 0 Å². The summed E-state index contributed by atoms with van der Waals surface area (Å²) in [6.07, 6.45) is 4.98. The quantitative estimate of drug-likeness (QED) is 0.816. The Balaban J connectivity index is 1.47. The lowest BCUT2D eigenvalue weighted by Gasteiger charge is -2.25. The maximum Gasteiger partial charge on any atom is 0.225 e. The normalized spacial score (nSPS) is 20.6. The topological polar surface area (TPSA) is 52.7 Å². The van der Waals surface area contributed by atoms with E-state index in [4.69, 9.17) is 0 Å². The Labute approximate surface area is 156 Å². The van der Waals surface area contributed by atoms with Gasteiger partial charge in [0.15, 0.2) is 0 Å². The van der Waals surface area contributed by atoms with Crippen LogP contribution >= 0.6 is 0 Å². The van der Waals surface area contributed by atoms with Crippen molar-refractivity contribution in [2.45, 2.75) is 52.0 Å². The first-order valence-electron chi connectivity index (χ1n) is 9.97. The molecule has 1 atom stereocenters. The van der Waals surface area contributed by atoms with Gasteiger partial charge in [0.2, 0.25) is 11.8 Å². The van der Waals surface area contributed by atoms with E-state index in [0.717, 1.165) is 25.9 Å². The maximum atomic E-state index is 12.5. The number of likely N-dealkylation sites (N-methyl/N-ethyl adjacent to an activating group) is 1. The zero-order chi connectivity index (χ0) is 18.5. The molecule has 1 saturated carbocycles. The lowest BCUT2D eigenvalue weighted by Crippen LogP contribution is -2.39. The highest BCUT2D eigenvalue weighted by Gasteiger charge is 2.38. The summed E-state index contributed by atoms with van der Waals surface area (Å²) >= 11 is 0. The summed E-state index contributed by atoms with van der Waals surface area (Å²) in [7, 11) is 0. The molecule has 1 N–H and O–H groups in total. The number of hydrogen-bond acceptors (Lipinski definition) is 3. The van der Waals surface area contributed by atoms with Gasteiger partial charge in [-0.1, -0.05) is 25.0 Å². The molecule has 1 aliphatic carbocycles. The molecule has 5 nitrogen and oxygen atoms in total. The number of anilines is 1. The molecule has 1 saturated heterocycles. The van der Waals surface area contributed by atoms with Crippen LogP contribution in [0.2, 0.25) is 0 Å². The third-order valence-corrected chi connectivity index (χ3v) is 5.72. The Hall–Kier alpha value is -2.04. The summed E-state index contributed by atoms with van der Waals surface area (Å²) in [5.41, 5.74) is 2.42. The number of hydrogen-bond donors (Lipinski definition) is 1. The van der Waals surface area contributed by atoms with Gasteiger partial charge in [0.05, 0.1) is 5.92 Å². The smallest absolute Gasteiger partial charge is 0.225 e. The summed E-state index contributed by atoms with van der Waals surface area (Å²) in [4.78, 5) is 29.0. The molecule has 2 aliphatic rings. The van der Waals surface area contributed by atoms with Gasteiger partial charge in [-0.2, -0.15) is 0 Å². The van der Waals surface area contributed by atoms with Gasteiger partial charge in [0.1, 0.15) is 0 Å². The summed E-state index contributed by atoms with van der Waals surface area (Å²) in [6, 6.07) is 8.80. The first kappa shape index (κ1) is 18.7. The van der Waals surface area contributed by atoms with E-state index in [0.29, 0.717) is 25.6 Å². The second kappa shape index (κ2) is 8.56. The van der Waals surface area contributed by atoms with Crippen molar-refractivity contribution in [1.82, 2.24) is 10.2 Å². The minimum Gasteiger partial charge on any atom is -0.370 e. The van der Waals surface area contributed by atoms with E-state index >= 15 is 0 Å². The van der Waals surface area contributed by atoms with Gasteiger partial charge in [0.25, 0.3) is 0 Å². The first-order valence-corrected chi connectivity index (χ1v) is 9.97. The lowest BCUT2D eigenvalue weighted by molar-refractivity contribution is -0.130. The highest BCUT2D eigenvalue weighted by molar-refractivity contribution is 5.89. The highest BCUT2D eigenvalue weighted by atomic mass is 16.2. The molecule has 142 valence electrons. The molecular weight excluding hydrogens is 326 g/mol. The molecule has 0 radical (unpaired) electrons. The number of amides is 2. The predicted molar refractivity (Wildman–Crippen MR) is 104 cm³/mol. The molecule has 26 heavy (non-hydrogen) atoms. The van der Waals surface area contributed by atoms with Crippen LogP contribution in [-0.4, -0.2) is 48.9 Å². The van der Waals surface area contributed by atoms with Gasteiger partial charge in [0, 0.05) is 44.3 Å². The zero-order valence-corrected chi connectivity index (χ0v) is 16.0. The van der Waals surface area contributed by atoms with Gasteiger partial charge in [-0.15, -0.1) is 0 Å². The van der Waals surface area contributed by atoms with Gasteiger partial charge in [-0.3, -0.25) is 9.59 Å². The van der Waals surface area contributed by atoms with Gasteiger partial charge in [-0.25, -0.2) is 0 Å². The van der Waals surface area contributed by atoms with Crippen molar-refractivity contribution in [2.24, 2.45) is 5.92 Å². The molecule has 5 heteroatoms. The fourth-order valence-corrected chi connectivity index (χ4v) is 4.23. The maximum absolute atomic E-state index is 12.5. The molecule has 1 heterocycles. The monoisotopic (exact) mass is 357 g/mol. The van der Waals surface area contributed by atoms with Gasteiger partial charge < -0.3 is 15.1 Å². The van der Waals surface area contributed by atoms with Crippen LogP contribution in [0.25, 0.3) is 0 Å². The number of likely N-dealkylation sites (tertiary alicyclic amines) is 1. The number of aryl methyl sites for hydroxylation is 1. The number of nitrogens with one attached hydrogen (secondary N) is 1. The van der Waals surface area contributed by atoms with Crippen molar-refractivity contribution in [3.63, 3.8) is 0 Å². The van der Waals surface area contributed by atoms with Crippen molar-refractivity contribution in [3.05, 3.63) is 29.8 Å². The van der Waals surface area contributed by atoms with Crippen molar-refractivity contribution < 1.29 is 9.59 Å². The molecule has 2 fully saturated rings. The largest absolute Gasteiger partial charge is 0.370 e. The molecule has 1 aromatic rings. The number of carbonyl (C=O) groups excluding carboxylic acids is 2. The van der Waals surface area contributed by atoms with Crippen LogP contribution in [0.4, 0.5) is 5.69 Å². The number of nitrogens with zero attached hydrogens (tertiary/aromatic N) is 2. The van der Waals surface area contributed by atoms with Crippen molar-refractivity contribution in [3.8, 4) is 0 Å². The predicted octanol–water partition coefficient (Wildman–Crippen LogP) is 2.73. The van der Waals surface area contributed by atoms with Crippen molar-refractivity contribution in [2.75, 3.05) is 31.1 Å². The summed E-state index contributed by atoms with van der Waals surface area (Å²) < 4.78 is 0. The molecule has 3 rings (SSSR count). The molecule has 0 bridgehead atoms. The van der Waals surface area contributed by atoms with Crippen LogP contribution in [-0.2, 0) is 9.59 Å². The lowest BCUT2D eigenvalue weighted by atomic mass is 10.1. The Morgan fingerprint density at radius 1 is 1.31 bits per heavy atom. The van der Waals surface area contributed by atoms with Crippen molar-refractivity contribution >= 4 is 17.5 Å². The van der Waals surface area contributed by atoms with Crippen LogP contribution in [0, 0.1) is 12.8 Å². The summed E-state index contributed by atoms with van der Waals surface area (Å²) in [5.74, 6) is 0.00304. The Morgan fingerprint density at radius 3 is 2.77 bits per heavy atom.